The molecule has 1 aliphatic rings. The van der Waals surface area contributed by atoms with Crippen LogP contribution in [0.25, 0.3) is 0 Å². The largest absolute Gasteiger partial charge is 0.325 e. The van der Waals surface area contributed by atoms with Crippen LogP contribution in [0.4, 0.5) is 0 Å². The summed E-state index contributed by atoms with van der Waals surface area (Å²) < 4.78 is 0. The van der Waals surface area contributed by atoms with Crippen molar-refractivity contribution in [3.63, 3.8) is 0 Å². The third-order valence-corrected chi connectivity index (χ3v) is 1.68. The Balaban J connectivity index is 0. The van der Waals surface area contributed by atoms with E-state index in [0.717, 1.165) is 19.3 Å². The van der Waals surface area contributed by atoms with Crippen molar-refractivity contribution in [1.82, 2.24) is 0 Å². The fourth-order valence-corrected chi connectivity index (χ4v) is 1.12. The Kier molecular flexibility index (Phi) is 8.09. The highest BCUT2D eigenvalue weighted by atomic mass is 35.5. The molecule has 10 heavy (non-hydrogen) atoms. The number of nitrogens with two attached hydrogens (primary N) is 2. The zero-order chi connectivity index (χ0) is 5.98. The molecule has 0 aliphatic heterocycles. The van der Waals surface area contributed by atoms with E-state index in [1.54, 1.807) is 0 Å². The van der Waals surface area contributed by atoms with Gasteiger partial charge in [-0.15, -0.1) is 24.8 Å². The highest BCUT2D eigenvalue weighted by Gasteiger charge is 2.23. The smallest absolute Gasteiger partial charge is 0.0937 e. The molecule has 5 heteroatoms. The molecule has 1 fully saturated rings. The van der Waals surface area contributed by atoms with Crippen LogP contribution < -0.4 is 11.6 Å². The van der Waals surface area contributed by atoms with Crippen LogP contribution in [-0.4, -0.2) is 12.1 Å². The van der Waals surface area contributed by atoms with Crippen molar-refractivity contribution in [2.75, 3.05) is 0 Å². The van der Waals surface area contributed by atoms with Gasteiger partial charge < -0.3 is 5.73 Å². The Morgan fingerprint density at radius 3 is 2.00 bits per heavy atom. The monoisotopic (exact) mass is 188 g/mol. The first-order valence-electron chi connectivity index (χ1n) is 2.95. The molecule has 2 atom stereocenters. The Morgan fingerprint density at radius 2 is 1.80 bits per heavy atom. The van der Waals surface area contributed by atoms with Gasteiger partial charge in [-0.25, -0.2) is 5.90 Å². The second-order valence-corrected chi connectivity index (χ2v) is 2.27. The molecule has 64 valence electrons. The van der Waals surface area contributed by atoms with Crippen molar-refractivity contribution in [2.24, 2.45) is 11.6 Å². The van der Waals surface area contributed by atoms with E-state index in [0.29, 0.717) is 0 Å². The number of hydrogen-bond acceptors (Lipinski definition) is 3. The molecule has 0 spiro atoms. The summed E-state index contributed by atoms with van der Waals surface area (Å²) in [6, 6.07) is 0.181. The minimum atomic E-state index is 0. The molecule has 0 amide bonds. The molecule has 0 bridgehead atoms. The summed E-state index contributed by atoms with van der Waals surface area (Å²) in [6.07, 6.45) is 3.36. The third kappa shape index (κ3) is 3.03. The third-order valence-electron chi connectivity index (χ3n) is 1.68. The number of hydrogen-bond donors (Lipinski definition) is 2. The molecular formula is C5H14Cl2N2O. The first kappa shape index (κ1) is 13.1. The van der Waals surface area contributed by atoms with Crippen molar-refractivity contribution < 1.29 is 4.84 Å². The van der Waals surface area contributed by atoms with Crippen molar-refractivity contribution >= 4 is 24.8 Å². The van der Waals surface area contributed by atoms with Crippen LogP contribution in [0.3, 0.4) is 0 Å². The summed E-state index contributed by atoms with van der Waals surface area (Å²) in [5, 5.41) is 0. The zero-order valence-electron chi connectivity index (χ0n) is 5.66. The lowest BCUT2D eigenvalue weighted by atomic mass is 10.2. The Bertz CT molecular complexity index is 84.0. The summed E-state index contributed by atoms with van der Waals surface area (Å²) >= 11 is 0. The molecule has 0 aromatic rings. The Morgan fingerprint density at radius 1 is 1.20 bits per heavy atom. The van der Waals surface area contributed by atoms with Gasteiger partial charge in [-0.2, -0.15) is 0 Å². The SMILES string of the molecule is Cl.Cl.NO[C@@H]1CCC[C@@H]1N. The number of rotatable bonds is 1. The minimum absolute atomic E-state index is 0. The van der Waals surface area contributed by atoms with E-state index in [-0.39, 0.29) is 37.0 Å². The Labute approximate surface area is 73.2 Å². The van der Waals surface area contributed by atoms with Crippen molar-refractivity contribution in [1.29, 1.82) is 0 Å². The predicted molar refractivity (Wildman–Crippen MR) is 45.4 cm³/mol. The van der Waals surface area contributed by atoms with E-state index in [4.69, 9.17) is 11.6 Å². The summed E-state index contributed by atoms with van der Waals surface area (Å²) in [6.45, 7) is 0. The van der Waals surface area contributed by atoms with E-state index in [9.17, 15) is 0 Å². The number of halogens is 2. The minimum Gasteiger partial charge on any atom is -0.325 e. The van der Waals surface area contributed by atoms with Crippen LogP contribution in [0.15, 0.2) is 0 Å². The molecule has 0 aromatic carbocycles. The van der Waals surface area contributed by atoms with Crippen molar-refractivity contribution in [3.8, 4) is 0 Å². The van der Waals surface area contributed by atoms with E-state index < -0.39 is 0 Å². The lowest BCUT2D eigenvalue weighted by Gasteiger charge is -2.10. The molecule has 0 unspecified atom stereocenters. The normalized spacial score (nSPS) is 30.6. The van der Waals surface area contributed by atoms with Crippen molar-refractivity contribution in [3.05, 3.63) is 0 Å². The molecule has 1 aliphatic carbocycles. The van der Waals surface area contributed by atoms with Crippen LogP contribution in [0.5, 0.6) is 0 Å². The summed E-state index contributed by atoms with van der Waals surface area (Å²) in [4.78, 5) is 4.60. The van der Waals surface area contributed by atoms with Crippen LogP contribution >= 0.6 is 24.8 Å². The predicted octanol–water partition coefficient (Wildman–Crippen LogP) is 0.600. The molecule has 4 N–H and O–H groups in total. The maximum absolute atomic E-state index is 5.58. The van der Waals surface area contributed by atoms with Crippen LogP contribution in [-0.2, 0) is 4.84 Å². The second-order valence-electron chi connectivity index (χ2n) is 2.27. The van der Waals surface area contributed by atoms with Gasteiger partial charge in [0.2, 0.25) is 0 Å². The van der Waals surface area contributed by atoms with E-state index >= 15 is 0 Å². The summed E-state index contributed by atoms with van der Waals surface area (Å²) in [5.41, 5.74) is 5.58. The summed E-state index contributed by atoms with van der Waals surface area (Å²) in [5.74, 6) is 4.94. The lowest BCUT2D eigenvalue weighted by Crippen LogP contribution is -2.33. The first-order chi connectivity index (χ1) is 3.84. The molecule has 3 nitrogen and oxygen atoms in total. The van der Waals surface area contributed by atoms with Gasteiger partial charge in [0.1, 0.15) is 0 Å². The van der Waals surface area contributed by atoms with Crippen LogP contribution in [0.2, 0.25) is 0 Å². The fraction of sp³-hybridized carbons (Fsp3) is 1.00. The molecule has 1 saturated carbocycles. The van der Waals surface area contributed by atoms with Gasteiger partial charge in [0.25, 0.3) is 0 Å². The van der Waals surface area contributed by atoms with Gasteiger partial charge in [0, 0.05) is 6.04 Å². The average molecular weight is 189 g/mol. The lowest BCUT2D eigenvalue weighted by molar-refractivity contribution is 0.0481. The quantitative estimate of drug-likeness (QED) is 0.593. The molecule has 0 radical (unpaired) electrons. The topological polar surface area (TPSA) is 61.3 Å². The van der Waals surface area contributed by atoms with Crippen LogP contribution in [0.1, 0.15) is 19.3 Å². The van der Waals surface area contributed by atoms with Gasteiger partial charge in [0.05, 0.1) is 6.10 Å². The van der Waals surface area contributed by atoms with Crippen molar-refractivity contribution in [2.45, 2.75) is 31.4 Å². The molecule has 0 heterocycles. The average Bonchev–Trinajstić information content (AvgIpc) is 2.14. The first-order valence-corrected chi connectivity index (χ1v) is 2.95. The van der Waals surface area contributed by atoms with Gasteiger partial charge in [-0.1, -0.05) is 0 Å². The molecule has 1 rings (SSSR count). The molecule has 0 saturated heterocycles. The van der Waals surface area contributed by atoms with Gasteiger partial charge in [-0.05, 0) is 19.3 Å². The summed E-state index contributed by atoms with van der Waals surface area (Å²) in [7, 11) is 0. The molecular weight excluding hydrogens is 175 g/mol. The maximum atomic E-state index is 5.58. The van der Waals surface area contributed by atoms with Gasteiger partial charge >= 0.3 is 0 Å². The maximum Gasteiger partial charge on any atom is 0.0937 e. The second kappa shape index (κ2) is 6.19. The zero-order valence-corrected chi connectivity index (χ0v) is 7.29. The van der Waals surface area contributed by atoms with Gasteiger partial charge in [0.15, 0.2) is 0 Å². The molecule has 0 aromatic heterocycles. The van der Waals surface area contributed by atoms with E-state index in [1.165, 1.54) is 0 Å². The Hall–Kier alpha value is 0.460. The fourth-order valence-electron chi connectivity index (χ4n) is 1.12. The van der Waals surface area contributed by atoms with Gasteiger partial charge in [-0.3, -0.25) is 4.84 Å². The van der Waals surface area contributed by atoms with E-state index in [1.807, 2.05) is 0 Å². The van der Waals surface area contributed by atoms with Crippen LogP contribution in [0, 0.1) is 0 Å². The highest BCUT2D eigenvalue weighted by molar-refractivity contribution is 5.85. The standard InChI is InChI=1S/C5H12N2O.2ClH/c6-4-2-1-3-5(4)8-7;;/h4-5H,1-3,6-7H2;2*1H/t4-,5+;;/m0../s1. The highest BCUT2D eigenvalue weighted by Crippen LogP contribution is 2.18. The van der Waals surface area contributed by atoms with E-state index in [2.05, 4.69) is 4.84 Å².